The molecule has 0 aliphatic heterocycles. The van der Waals surface area contributed by atoms with Crippen molar-refractivity contribution in [2.45, 2.75) is 39.8 Å². The van der Waals surface area contributed by atoms with Gasteiger partial charge in [0.1, 0.15) is 0 Å². The minimum atomic E-state index is 0.0653. The van der Waals surface area contributed by atoms with Crippen molar-refractivity contribution in [2.24, 2.45) is 5.92 Å². The highest BCUT2D eigenvalue weighted by molar-refractivity contribution is 6.30. The van der Waals surface area contributed by atoms with E-state index in [1.54, 1.807) is 0 Å². The lowest BCUT2D eigenvalue weighted by molar-refractivity contribution is 0.440. The molecule has 0 spiro atoms. The molecule has 2 rings (SSSR count). The lowest BCUT2D eigenvalue weighted by Gasteiger charge is -2.19. The van der Waals surface area contributed by atoms with Gasteiger partial charge in [0, 0.05) is 5.02 Å². The van der Waals surface area contributed by atoms with Crippen LogP contribution in [-0.4, -0.2) is 26.8 Å². The first kappa shape index (κ1) is 15.9. The molecule has 0 aliphatic carbocycles. The van der Waals surface area contributed by atoms with Gasteiger partial charge in [-0.1, -0.05) is 37.6 Å². The lowest BCUT2D eigenvalue weighted by atomic mass is 10.1. The normalized spacial score (nSPS) is 14.4. The van der Waals surface area contributed by atoms with Crippen molar-refractivity contribution in [2.75, 3.05) is 6.54 Å². The summed E-state index contributed by atoms with van der Waals surface area (Å²) in [5.74, 6) is 1.43. The standard InChI is InChI=1S/C15H22ClN5/c1-10(2)9-17-11(3)15-18-19-20-21(15)12(4)13-5-7-14(16)8-6-13/h5-8,10-12,17H,9H2,1-4H3. The molecule has 5 nitrogen and oxygen atoms in total. The van der Waals surface area contributed by atoms with Gasteiger partial charge in [-0.05, 0) is 54.4 Å². The number of tetrazole rings is 1. The van der Waals surface area contributed by atoms with Crippen LogP contribution >= 0.6 is 11.6 Å². The summed E-state index contributed by atoms with van der Waals surface area (Å²) in [4.78, 5) is 0. The number of halogens is 1. The fourth-order valence-corrected chi connectivity index (χ4v) is 2.27. The Morgan fingerprint density at radius 1 is 1.14 bits per heavy atom. The molecule has 0 aliphatic rings. The van der Waals surface area contributed by atoms with E-state index in [-0.39, 0.29) is 12.1 Å². The SMILES string of the molecule is CC(C)CNC(C)c1nnnn1C(C)c1ccc(Cl)cc1. The van der Waals surface area contributed by atoms with Crippen LogP contribution < -0.4 is 5.32 Å². The Morgan fingerprint density at radius 2 is 1.81 bits per heavy atom. The van der Waals surface area contributed by atoms with Crippen molar-refractivity contribution >= 4 is 11.6 Å². The van der Waals surface area contributed by atoms with E-state index in [0.717, 1.165) is 23.0 Å². The van der Waals surface area contributed by atoms with Crippen LogP contribution in [0.1, 0.15) is 51.2 Å². The number of aromatic nitrogens is 4. The summed E-state index contributed by atoms with van der Waals surface area (Å²) >= 11 is 5.94. The van der Waals surface area contributed by atoms with Gasteiger partial charge in [-0.25, -0.2) is 4.68 Å². The van der Waals surface area contributed by atoms with E-state index < -0.39 is 0 Å². The van der Waals surface area contributed by atoms with Gasteiger partial charge in [-0.2, -0.15) is 0 Å². The molecule has 0 saturated carbocycles. The van der Waals surface area contributed by atoms with Crippen molar-refractivity contribution in [1.82, 2.24) is 25.5 Å². The number of rotatable bonds is 6. The molecule has 1 aromatic heterocycles. The molecule has 0 saturated heterocycles. The van der Waals surface area contributed by atoms with E-state index in [1.165, 1.54) is 0 Å². The maximum Gasteiger partial charge on any atom is 0.168 e. The van der Waals surface area contributed by atoms with E-state index in [0.29, 0.717) is 5.92 Å². The molecule has 2 atom stereocenters. The maximum absolute atomic E-state index is 5.94. The first-order valence-corrected chi connectivity index (χ1v) is 7.63. The molecule has 0 amide bonds. The van der Waals surface area contributed by atoms with Crippen molar-refractivity contribution < 1.29 is 0 Å². The first-order chi connectivity index (χ1) is 9.99. The van der Waals surface area contributed by atoms with Crippen LogP contribution in [0.4, 0.5) is 0 Å². The highest BCUT2D eigenvalue weighted by atomic mass is 35.5. The molecule has 0 radical (unpaired) electrons. The third kappa shape index (κ3) is 4.02. The van der Waals surface area contributed by atoms with Crippen LogP contribution in [0.15, 0.2) is 24.3 Å². The van der Waals surface area contributed by atoms with Gasteiger partial charge in [-0.3, -0.25) is 0 Å². The topological polar surface area (TPSA) is 55.6 Å². The highest BCUT2D eigenvalue weighted by Crippen LogP contribution is 2.22. The predicted molar refractivity (Wildman–Crippen MR) is 84.3 cm³/mol. The van der Waals surface area contributed by atoms with E-state index in [4.69, 9.17) is 11.6 Å². The number of benzene rings is 1. The molecule has 21 heavy (non-hydrogen) atoms. The van der Waals surface area contributed by atoms with Gasteiger partial charge in [-0.15, -0.1) is 5.10 Å². The summed E-state index contributed by atoms with van der Waals surface area (Å²) < 4.78 is 1.86. The summed E-state index contributed by atoms with van der Waals surface area (Å²) in [5, 5.41) is 16.3. The van der Waals surface area contributed by atoms with Gasteiger partial charge in [0.15, 0.2) is 5.82 Å². The zero-order chi connectivity index (χ0) is 15.4. The molecule has 114 valence electrons. The van der Waals surface area contributed by atoms with Crippen LogP contribution in [0.25, 0.3) is 0 Å². The van der Waals surface area contributed by atoms with Crippen LogP contribution in [0.5, 0.6) is 0 Å². The molecular weight excluding hydrogens is 286 g/mol. The van der Waals surface area contributed by atoms with Crippen LogP contribution in [0, 0.1) is 5.92 Å². The number of nitrogens with one attached hydrogen (secondary N) is 1. The van der Waals surface area contributed by atoms with Gasteiger partial charge in [0.2, 0.25) is 0 Å². The third-order valence-corrected chi connectivity index (χ3v) is 3.71. The number of hydrogen-bond donors (Lipinski definition) is 1. The Labute approximate surface area is 130 Å². The summed E-state index contributed by atoms with van der Waals surface area (Å²) in [6, 6.07) is 7.96. The van der Waals surface area contributed by atoms with E-state index in [1.807, 2.05) is 28.9 Å². The molecule has 2 aromatic rings. The van der Waals surface area contributed by atoms with Gasteiger partial charge in [0.05, 0.1) is 12.1 Å². The monoisotopic (exact) mass is 307 g/mol. The van der Waals surface area contributed by atoms with Gasteiger partial charge < -0.3 is 5.32 Å². The molecular formula is C15H22ClN5. The molecule has 2 unspecified atom stereocenters. The first-order valence-electron chi connectivity index (χ1n) is 7.25. The summed E-state index contributed by atoms with van der Waals surface area (Å²) in [6.07, 6.45) is 0. The average Bonchev–Trinajstić information content (AvgIpc) is 2.94. The van der Waals surface area contributed by atoms with Crippen LogP contribution in [-0.2, 0) is 0 Å². The molecule has 1 heterocycles. The third-order valence-electron chi connectivity index (χ3n) is 3.46. The average molecular weight is 308 g/mol. The van der Waals surface area contributed by atoms with E-state index >= 15 is 0 Å². The molecule has 1 aromatic carbocycles. The Morgan fingerprint density at radius 3 is 2.43 bits per heavy atom. The zero-order valence-electron chi connectivity index (χ0n) is 12.9. The Kier molecular flexibility index (Phi) is 5.31. The van der Waals surface area contributed by atoms with E-state index in [9.17, 15) is 0 Å². The minimum absolute atomic E-state index is 0.0653. The zero-order valence-corrected chi connectivity index (χ0v) is 13.7. The Bertz CT molecular complexity index is 564. The second kappa shape index (κ2) is 7.00. The molecule has 1 N–H and O–H groups in total. The second-order valence-electron chi connectivity index (χ2n) is 5.73. The highest BCUT2D eigenvalue weighted by Gasteiger charge is 2.19. The smallest absolute Gasteiger partial charge is 0.168 e. The maximum atomic E-state index is 5.94. The summed E-state index contributed by atoms with van der Waals surface area (Å²) in [5.41, 5.74) is 1.13. The number of hydrogen-bond acceptors (Lipinski definition) is 4. The fourth-order valence-electron chi connectivity index (χ4n) is 2.15. The summed E-state index contributed by atoms with van der Waals surface area (Å²) in [6.45, 7) is 9.46. The largest absolute Gasteiger partial charge is 0.307 e. The van der Waals surface area contributed by atoms with Gasteiger partial charge >= 0.3 is 0 Å². The van der Waals surface area contributed by atoms with Gasteiger partial charge in [0.25, 0.3) is 0 Å². The quantitative estimate of drug-likeness (QED) is 0.890. The molecule has 0 fully saturated rings. The second-order valence-corrected chi connectivity index (χ2v) is 6.17. The predicted octanol–water partition coefficient (Wildman–Crippen LogP) is 3.24. The Balaban J connectivity index is 2.17. The molecule has 6 heteroatoms. The fraction of sp³-hybridized carbons (Fsp3) is 0.533. The van der Waals surface area contributed by atoms with Crippen molar-refractivity contribution in [3.05, 3.63) is 40.7 Å². The van der Waals surface area contributed by atoms with Crippen LogP contribution in [0.2, 0.25) is 5.02 Å². The number of nitrogens with zero attached hydrogens (tertiary/aromatic N) is 4. The van der Waals surface area contributed by atoms with Crippen molar-refractivity contribution in [3.8, 4) is 0 Å². The van der Waals surface area contributed by atoms with Crippen LogP contribution in [0.3, 0.4) is 0 Å². The van der Waals surface area contributed by atoms with Crippen molar-refractivity contribution in [1.29, 1.82) is 0 Å². The van der Waals surface area contributed by atoms with E-state index in [2.05, 4.69) is 48.5 Å². The lowest BCUT2D eigenvalue weighted by Crippen LogP contribution is -2.27. The summed E-state index contributed by atoms with van der Waals surface area (Å²) in [7, 11) is 0. The minimum Gasteiger partial charge on any atom is -0.307 e. The Hall–Kier alpha value is -1.46. The molecule has 0 bridgehead atoms. The van der Waals surface area contributed by atoms with Crippen molar-refractivity contribution in [3.63, 3.8) is 0 Å².